The maximum absolute atomic E-state index is 12.6. The highest BCUT2D eigenvalue weighted by Crippen LogP contribution is 2.43. The maximum Gasteiger partial charge on any atom is 0.342 e. The molecule has 1 saturated heterocycles. The molecule has 32 heavy (non-hydrogen) atoms. The van der Waals surface area contributed by atoms with Crippen LogP contribution in [0, 0.1) is 6.92 Å². The van der Waals surface area contributed by atoms with Crippen molar-refractivity contribution in [3.8, 4) is 11.5 Å². The molecule has 0 radical (unpaired) electrons. The Morgan fingerprint density at radius 1 is 1.19 bits per heavy atom. The Kier molecular flexibility index (Phi) is 8.37. The molecule has 1 atom stereocenters. The number of rotatable bonds is 12. The third-order valence-electron chi connectivity index (χ3n) is 6.40. The van der Waals surface area contributed by atoms with Crippen molar-refractivity contribution in [3.05, 3.63) is 22.3 Å². The number of benzene rings is 1. The first-order valence-corrected chi connectivity index (χ1v) is 11.4. The molecule has 0 N–H and O–H groups in total. The number of fused-ring (bicyclic) bond motifs is 1. The van der Waals surface area contributed by atoms with E-state index in [1.165, 1.54) is 0 Å². The Morgan fingerprint density at radius 3 is 2.59 bits per heavy atom. The summed E-state index contributed by atoms with van der Waals surface area (Å²) in [6.45, 7) is 11.0. The number of carbonyl (C=O) groups excluding carboxylic acids is 2. The first-order chi connectivity index (χ1) is 15.4. The van der Waals surface area contributed by atoms with Gasteiger partial charge in [0.05, 0.1) is 20.3 Å². The summed E-state index contributed by atoms with van der Waals surface area (Å²) < 4.78 is 28.2. The molecule has 0 spiro atoms. The standard InChI is InChI=1S/C24H35NO7/c1-5-7-24(3,32-16-26)8-6-18-21(28-4)17(2)19-15-31-23(27)20(19)22(18)30-14-11-25-9-12-29-13-10-25/h16H,5-15H2,1-4H3. The molecule has 0 amide bonds. The van der Waals surface area contributed by atoms with Crippen LogP contribution in [0.4, 0.5) is 0 Å². The van der Waals surface area contributed by atoms with Crippen LogP contribution in [0.1, 0.15) is 60.2 Å². The molecule has 1 aromatic rings. The summed E-state index contributed by atoms with van der Waals surface area (Å²) in [5.74, 6) is 0.866. The Morgan fingerprint density at radius 2 is 1.94 bits per heavy atom. The van der Waals surface area contributed by atoms with E-state index in [9.17, 15) is 9.59 Å². The number of cyclic esters (lactones) is 1. The van der Waals surface area contributed by atoms with Crippen LogP contribution in [-0.2, 0) is 32.0 Å². The average Bonchev–Trinajstić information content (AvgIpc) is 3.17. The van der Waals surface area contributed by atoms with Crippen LogP contribution in [0.15, 0.2) is 0 Å². The molecule has 1 fully saturated rings. The molecule has 2 aliphatic heterocycles. The van der Waals surface area contributed by atoms with Crippen molar-refractivity contribution in [1.29, 1.82) is 0 Å². The van der Waals surface area contributed by atoms with Crippen LogP contribution < -0.4 is 9.47 Å². The normalized spacial score (nSPS) is 17.9. The van der Waals surface area contributed by atoms with Crippen LogP contribution in [-0.4, -0.2) is 69.5 Å². The van der Waals surface area contributed by atoms with Gasteiger partial charge in [-0.25, -0.2) is 4.79 Å². The predicted molar refractivity (Wildman–Crippen MR) is 118 cm³/mol. The lowest BCUT2D eigenvalue weighted by Crippen LogP contribution is -2.38. The van der Waals surface area contributed by atoms with Crippen LogP contribution in [0.3, 0.4) is 0 Å². The molecule has 3 rings (SSSR count). The van der Waals surface area contributed by atoms with Gasteiger partial charge in [-0.1, -0.05) is 13.3 Å². The van der Waals surface area contributed by atoms with Gasteiger partial charge < -0.3 is 23.7 Å². The topological polar surface area (TPSA) is 83.5 Å². The van der Waals surface area contributed by atoms with Crippen molar-refractivity contribution >= 4 is 12.4 Å². The highest BCUT2D eigenvalue weighted by atomic mass is 16.5. The smallest absolute Gasteiger partial charge is 0.342 e. The van der Waals surface area contributed by atoms with Crippen LogP contribution in [0.25, 0.3) is 0 Å². The van der Waals surface area contributed by atoms with Gasteiger partial charge in [0.15, 0.2) is 0 Å². The molecule has 8 heteroatoms. The number of esters is 1. The SMILES string of the molecule is CCCC(C)(CCc1c(OC)c(C)c2c(c1OCCN1CCOCC1)C(=O)OC2)OC=O. The van der Waals surface area contributed by atoms with Gasteiger partial charge in [-0.05, 0) is 38.7 Å². The quantitative estimate of drug-likeness (QED) is 0.356. The number of hydrogen-bond donors (Lipinski definition) is 0. The minimum Gasteiger partial charge on any atom is -0.496 e. The molecular weight excluding hydrogens is 414 g/mol. The minimum atomic E-state index is -0.597. The van der Waals surface area contributed by atoms with Crippen molar-refractivity contribution in [2.24, 2.45) is 0 Å². The Hall–Kier alpha value is -2.32. The van der Waals surface area contributed by atoms with Gasteiger partial charge in [0.25, 0.3) is 6.47 Å². The van der Waals surface area contributed by atoms with Gasteiger partial charge in [-0.2, -0.15) is 0 Å². The van der Waals surface area contributed by atoms with Crippen molar-refractivity contribution in [2.75, 3.05) is 46.6 Å². The van der Waals surface area contributed by atoms with Crippen molar-refractivity contribution in [1.82, 2.24) is 4.90 Å². The average molecular weight is 450 g/mol. The molecule has 2 aliphatic rings. The zero-order valence-electron chi connectivity index (χ0n) is 19.7. The summed E-state index contributed by atoms with van der Waals surface area (Å²) in [4.78, 5) is 26.0. The van der Waals surface area contributed by atoms with E-state index in [1.807, 2.05) is 13.8 Å². The Balaban J connectivity index is 1.90. The largest absolute Gasteiger partial charge is 0.496 e. The summed E-state index contributed by atoms with van der Waals surface area (Å²) in [7, 11) is 1.63. The number of nitrogens with zero attached hydrogens (tertiary/aromatic N) is 1. The monoisotopic (exact) mass is 449 g/mol. The highest BCUT2D eigenvalue weighted by Gasteiger charge is 2.34. The summed E-state index contributed by atoms with van der Waals surface area (Å²) in [6.07, 6.45) is 2.76. The summed E-state index contributed by atoms with van der Waals surface area (Å²) in [5.41, 5.74) is 2.42. The second-order valence-electron chi connectivity index (χ2n) is 8.61. The number of hydrogen-bond acceptors (Lipinski definition) is 8. The molecule has 0 saturated carbocycles. The molecule has 2 heterocycles. The fourth-order valence-electron chi connectivity index (χ4n) is 4.59. The number of carbonyl (C=O) groups is 2. The van der Waals surface area contributed by atoms with E-state index in [4.69, 9.17) is 23.7 Å². The van der Waals surface area contributed by atoms with Crippen LogP contribution in [0.5, 0.6) is 11.5 Å². The Labute approximate surface area is 190 Å². The van der Waals surface area contributed by atoms with E-state index in [0.717, 1.165) is 62.4 Å². The van der Waals surface area contributed by atoms with Crippen LogP contribution in [0.2, 0.25) is 0 Å². The van der Waals surface area contributed by atoms with E-state index < -0.39 is 5.60 Å². The first-order valence-electron chi connectivity index (χ1n) is 11.4. The molecule has 0 aliphatic carbocycles. The zero-order chi connectivity index (χ0) is 23.1. The minimum absolute atomic E-state index is 0.221. The molecule has 1 aromatic carbocycles. The van der Waals surface area contributed by atoms with Gasteiger partial charge in [0, 0.05) is 30.8 Å². The van der Waals surface area contributed by atoms with E-state index in [1.54, 1.807) is 7.11 Å². The molecular formula is C24H35NO7. The fourth-order valence-corrected chi connectivity index (χ4v) is 4.59. The Bertz CT molecular complexity index is 819. The van der Waals surface area contributed by atoms with E-state index in [-0.39, 0.29) is 12.6 Å². The number of methoxy groups -OCH3 is 1. The lowest BCUT2D eigenvalue weighted by Gasteiger charge is -2.29. The first kappa shape index (κ1) is 24.3. The lowest BCUT2D eigenvalue weighted by atomic mass is 9.89. The van der Waals surface area contributed by atoms with Gasteiger partial charge in [0.1, 0.15) is 35.9 Å². The maximum atomic E-state index is 12.6. The molecule has 0 aromatic heterocycles. The van der Waals surface area contributed by atoms with E-state index in [2.05, 4.69) is 11.8 Å². The summed E-state index contributed by atoms with van der Waals surface area (Å²) >= 11 is 0. The van der Waals surface area contributed by atoms with Crippen molar-refractivity contribution in [2.45, 2.75) is 58.7 Å². The van der Waals surface area contributed by atoms with Crippen molar-refractivity contribution in [3.63, 3.8) is 0 Å². The molecule has 178 valence electrons. The third-order valence-corrected chi connectivity index (χ3v) is 6.40. The predicted octanol–water partition coefficient (Wildman–Crippen LogP) is 3.05. The van der Waals surface area contributed by atoms with Crippen LogP contribution >= 0.6 is 0 Å². The van der Waals surface area contributed by atoms with E-state index in [0.29, 0.717) is 43.0 Å². The van der Waals surface area contributed by atoms with Gasteiger partial charge in [-0.15, -0.1) is 0 Å². The fraction of sp³-hybridized carbons (Fsp3) is 0.667. The third kappa shape index (κ3) is 5.35. The second-order valence-corrected chi connectivity index (χ2v) is 8.61. The lowest BCUT2D eigenvalue weighted by molar-refractivity contribution is -0.143. The molecule has 8 nitrogen and oxygen atoms in total. The van der Waals surface area contributed by atoms with Gasteiger partial charge in [-0.3, -0.25) is 9.69 Å². The zero-order valence-corrected chi connectivity index (χ0v) is 19.7. The summed E-state index contributed by atoms with van der Waals surface area (Å²) in [5, 5.41) is 0. The number of morpholine rings is 1. The van der Waals surface area contributed by atoms with E-state index >= 15 is 0 Å². The summed E-state index contributed by atoms with van der Waals surface area (Å²) in [6, 6.07) is 0. The molecule has 0 bridgehead atoms. The van der Waals surface area contributed by atoms with Gasteiger partial charge >= 0.3 is 5.97 Å². The number of ether oxygens (including phenoxy) is 5. The highest BCUT2D eigenvalue weighted by molar-refractivity contribution is 5.98. The molecule has 1 unspecified atom stereocenters. The van der Waals surface area contributed by atoms with Crippen molar-refractivity contribution < 1.29 is 33.3 Å². The van der Waals surface area contributed by atoms with Gasteiger partial charge in [0.2, 0.25) is 0 Å². The second kappa shape index (κ2) is 11.0.